The molecule has 0 radical (unpaired) electrons. The van der Waals surface area contributed by atoms with Gasteiger partial charge in [0.2, 0.25) is 0 Å². The minimum absolute atomic E-state index is 0.308. The second kappa shape index (κ2) is 14.4. The van der Waals surface area contributed by atoms with Crippen molar-refractivity contribution in [3.05, 3.63) is 253 Å². The minimum atomic E-state index is 0.308. The molecule has 3 heteroatoms. The summed E-state index contributed by atoms with van der Waals surface area (Å²) in [6.07, 6.45) is 3.43. The Kier molecular flexibility index (Phi) is 8.31. The molecule has 3 nitrogen and oxygen atoms in total. The van der Waals surface area contributed by atoms with E-state index in [2.05, 4.69) is 245 Å². The predicted molar refractivity (Wildman–Crippen MR) is 256 cm³/mol. The van der Waals surface area contributed by atoms with E-state index in [9.17, 15) is 0 Å². The van der Waals surface area contributed by atoms with Gasteiger partial charge in [-0.25, -0.2) is 0 Å². The van der Waals surface area contributed by atoms with Crippen molar-refractivity contribution in [3.63, 3.8) is 0 Å². The first-order valence-electron chi connectivity index (χ1n) is 21.2. The number of anilines is 6. The largest absolute Gasteiger partial charge is 0.310 e. The van der Waals surface area contributed by atoms with E-state index in [4.69, 9.17) is 0 Å². The van der Waals surface area contributed by atoms with Gasteiger partial charge in [-0.1, -0.05) is 146 Å². The summed E-state index contributed by atoms with van der Waals surface area (Å²) in [6.45, 7) is 0. The molecule has 1 aliphatic carbocycles. The third-order valence-electron chi connectivity index (χ3n) is 12.7. The van der Waals surface area contributed by atoms with Crippen LogP contribution in [0, 0.1) is 0 Å². The Hall–Kier alpha value is -7.88. The summed E-state index contributed by atoms with van der Waals surface area (Å²) in [7, 11) is 0. The Labute approximate surface area is 356 Å². The van der Waals surface area contributed by atoms with Gasteiger partial charge in [-0.15, -0.1) is 0 Å². The standard InChI is InChI=1S/C58H41N3/c1-4-15-40(16-5-1)41-27-31-45(32-28-41)59(47-35-38-56-53(39-47)50-22-11-13-25-55(50)60(56)43-17-6-2-7-18-43)46-33-29-42(30-34-46)48-36-37-52-49-21-10-12-24-54(49)61(44-19-8-3-9-20-44)57-26-14-23-51(48)58(52)57/h1-36,38-39,52H,37H2. The fourth-order valence-electron chi connectivity index (χ4n) is 9.97. The van der Waals surface area contributed by atoms with Crippen LogP contribution in [-0.2, 0) is 0 Å². The maximum atomic E-state index is 2.47. The third-order valence-corrected chi connectivity index (χ3v) is 12.7. The fraction of sp³-hybridized carbons (Fsp3) is 0.0345. The SMILES string of the molecule is C1=C(c2ccc(N(c3ccc(-c4ccccc4)cc3)c3ccc4c(c3)c3ccccc3n4-c3ccccc3)cc2)c2cccc3c2C(C1)c1ccccc1N3c1ccccc1. The van der Waals surface area contributed by atoms with Crippen molar-refractivity contribution in [1.29, 1.82) is 0 Å². The van der Waals surface area contributed by atoms with Crippen molar-refractivity contribution < 1.29 is 0 Å². The Morgan fingerprint density at radius 2 is 0.984 bits per heavy atom. The molecule has 1 aromatic heterocycles. The van der Waals surface area contributed by atoms with Gasteiger partial charge in [-0.2, -0.15) is 0 Å². The van der Waals surface area contributed by atoms with Crippen molar-refractivity contribution in [2.75, 3.05) is 9.80 Å². The van der Waals surface area contributed by atoms with E-state index in [1.165, 1.54) is 77.8 Å². The summed E-state index contributed by atoms with van der Waals surface area (Å²) in [5.41, 5.74) is 19.6. The molecule has 9 aromatic carbocycles. The summed E-state index contributed by atoms with van der Waals surface area (Å²) >= 11 is 0. The lowest BCUT2D eigenvalue weighted by atomic mass is 9.74. The van der Waals surface area contributed by atoms with E-state index in [1.807, 2.05) is 0 Å². The molecule has 61 heavy (non-hydrogen) atoms. The Balaban J connectivity index is 0.972. The average molecular weight is 780 g/mol. The zero-order chi connectivity index (χ0) is 40.3. The Bertz CT molecular complexity index is 3260. The van der Waals surface area contributed by atoms with Crippen LogP contribution in [0.15, 0.2) is 231 Å². The molecule has 2 aliphatic rings. The van der Waals surface area contributed by atoms with Crippen LogP contribution in [0.5, 0.6) is 0 Å². The number of aromatic nitrogens is 1. The highest BCUT2D eigenvalue weighted by Crippen LogP contribution is 2.55. The molecule has 10 aromatic rings. The highest BCUT2D eigenvalue weighted by molar-refractivity contribution is 6.10. The van der Waals surface area contributed by atoms with Gasteiger partial charge in [0.15, 0.2) is 0 Å². The second-order valence-electron chi connectivity index (χ2n) is 16.1. The van der Waals surface area contributed by atoms with E-state index in [0.29, 0.717) is 5.92 Å². The predicted octanol–water partition coefficient (Wildman–Crippen LogP) is 15.7. The molecular weight excluding hydrogens is 739 g/mol. The van der Waals surface area contributed by atoms with E-state index in [0.717, 1.165) is 29.2 Å². The van der Waals surface area contributed by atoms with Crippen molar-refractivity contribution >= 4 is 61.5 Å². The molecule has 0 bridgehead atoms. The number of nitrogens with zero attached hydrogens (tertiary/aromatic N) is 3. The molecule has 288 valence electrons. The van der Waals surface area contributed by atoms with Gasteiger partial charge in [0.1, 0.15) is 0 Å². The molecular formula is C58H41N3. The lowest BCUT2D eigenvalue weighted by molar-refractivity contribution is 0.798. The van der Waals surface area contributed by atoms with Crippen LogP contribution in [-0.4, -0.2) is 4.57 Å². The number of hydrogen-bond donors (Lipinski definition) is 0. The summed E-state index contributed by atoms with van der Waals surface area (Å²) in [4.78, 5) is 4.85. The van der Waals surface area contributed by atoms with E-state index in [1.54, 1.807) is 0 Å². The zero-order valence-corrected chi connectivity index (χ0v) is 33.6. The van der Waals surface area contributed by atoms with Crippen LogP contribution < -0.4 is 9.80 Å². The van der Waals surface area contributed by atoms with Gasteiger partial charge in [-0.05, 0) is 130 Å². The highest BCUT2D eigenvalue weighted by atomic mass is 15.2. The lowest BCUT2D eigenvalue weighted by Gasteiger charge is -2.40. The van der Waals surface area contributed by atoms with Crippen LogP contribution in [0.3, 0.4) is 0 Å². The van der Waals surface area contributed by atoms with Crippen LogP contribution in [0.1, 0.15) is 34.6 Å². The number of rotatable bonds is 7. The normalized spacial score (nSPS) is 14.1. The quantitative estimate of drug-likeness (QED) is 0.160. The second-order valence-corrected chi connectivity index (χ2v) is 16.1. The molecule has 1 unspecified atom stereocenters. The number of benzene rings is 9. The zero-order valence-electron chi connectivity index (χ0n) is 33.6. The number of para-hydroxylation sites is 4. The molecule has 0 spiro atoms. The first-order chi connectivity index (χ1) is 30.3. The maximum Gasteiger partial charge on any atom is 0.0542 e. The monoisotopic (exact) mass is 779 g/mol. The van der Waals surface area contributed by atoms with Crippen LogP contribution in [0.2, 0.25) is 0 Å². The molecule has 0 saturated heterocycles. The minimum Gasteiger partial charge on any atom is -0.310 e. The molecule has 0 amide bonds. The average Bonchev–Trinajstić information content (AvgIpc) is 3.67. The number of hydrogen-bond acceptors (Lipinski definition) is 2. The molecule has 0 N–H and O–H groups in total. The maximum absolute atomic E-state index is 2.47. The van der Waals surface area contributed by atoms with E-state index >= 15 is 0 Å². The van der Waals surface area contributed by atoms with Crippen molar-refractivity contribution in [2.24, 2.45) is 0 Å². The summed E-state index contributed by atoms with van der Waals surface area (Å²) in [5.74, 6) is 0.308. The van der Waals surface area contributed by atoms with Crippen LogP contribution >= 0.6 is 0 Å². The first kappa shape index (κ1) is 35.1. The molecule has 0 fully saturated rings. The lowest BCUT2D eigenvalue weighted by Crippen LogP contribution is -2.24. The fourth-order valence-corrected chi connectivity index (χ4v) is 9.97. The van der Waals surface area contributed by atoms with Gasteiger partial charge in [0, 0.05) is 50.8 Å². The van der Waals surface area contributed by atoms with E-state index in [-0.39, 0.29) is 0 Å². The van der Waals surface area contributed by atoms with E-state index < -0.39 is 0 Å². The van der Waals surface area contributed by atoms with Gasteiger partial charge in [0.25, 0.3) is 0 Å². The van der Waals surface area contributed by atoms with Crippen molar-refractivity contribution in [1.82, 2.24) is 4.57 Å². The number of allylic oxidation sites excluding steroid dienone is 1. The molecule has 1 atom stereocenters. The Morgan fingerprint density at radius 3 is 1.74 bits per heavy atom. The third kappa shape index (κ3) is 5.81. The van der Waals surface area contributed by atoms with Crippen molar-refractivity contribution in [2.45, 2.75) is 12.3 Å². The van der Waals surface area contributed by atoms with Gasteiger partial charge in [0.05, 0.1) is 16.7 Å². The molecule has 0 saturated carbocycles. The van der Waals surface area contributed by atoms with Gasteiger partial charge in [-0.3, -0.25) is 0 Å². The topological polar surface area (TPSA) is 11.4 Å². The highest BCUT2D eigenvalue weighted by Gasteiger charge is 2.35. The molecule has 2 heterocycles. The summed E-state index contributed by atoms with van der Waals surface area (Å²) in [5, 5.41) is 2.46. The molecule has 12 rings (SSSR count). The summed E-state index contributed by atoms with van der Waals surface area (Å²) < 4.78 is 2.38. The molecule has 1 aliphatic heterocycles. The van der Waals surface area contributed by atoms with Crippen molar-refractivity contribution in [3.8, 4) is 16.8 Å². The summed E-state index contributed by atoms with van der Waals surface area (Å²) in [6, 6.07) is 81.8. The van der Waals surface area contributed by atoms with Crippen LogP contribution in [0.25, 0.3) is 44.2 Å². The van der Waals surface area contributed by atoms with Gasteiger partial charge < -0.3 is 14.4 Å². The van der Waals surface area contributed by atoms with Crippen LogP contribution in [0.4, 0.5) is 34.1 Å². The Morgan fingerprint density at radius 1 is 0.410 bits per heavy atom. The first-order valence-corrected chi connectivity index (χ1v) is 21.2. The van der Waals surface area contributed by atoms with Gasteiger partial charge >= 0.3 is 0 Å². The smallest absolute Gasteiger partial charge is 0.0542 e. The number of fused-ring (bicyclic) bond motifs is 5.